The fourth-order valence-corrected chi connectivity index (χ4v) is 2.53. The summed E-state index contributed by atoms with van der Waals surface area (Å²) in [6.45, 7) is 12.4. The summed E-state index contributed by atoms with van der Waals surface area (Å²) in [5, 5.41) is 2.92. The number of hydrogen-bond donors (Lipinski definition) is 1. The van der Waals surface area contributed by atoms with Gasteiger partial charge in [0.1, 0.15) is 12.1 Å². The minimum absolute atomic E-state index is 0.0246. The summed E-state index contributed by atoms with van der Waals surface area (Å²) in [5.74, 6) is 0.161. The third kappa shape index (κ3) is 3.41. The number of piperazine rings is 1. The second-order valence-electron chi connectivity index (χ2n) is 6.70. The Kier molecular flexibility index (Phi) is 5.37. The first-order valence-electron chi connectivity index (χ1n) is 7.46. The average molecular weight is 280 g/mol. The molecule has 1 rings (SSSR count). The zero-order valence-corrected chi connectivity index (χ0v) is 13.6. The number of allylic oxidation sites excluding steroid dienone is 1. The van der Waals surface area contributed by atoms with Crippen molar-refractivity contribution < 1.29 is 9.59 Å². The van der Waals surface area contributed by atoms with Crippen molar-refractivity contribution in [2.45, 2.75) is 60.0 Å². The van der Waals surface area contributed by atoms with E-state index in [4.69, 9.17) is 0 Å². The Labute approximate surface area is 122 Å². The molecule has 0 bridgehead atoms. The number of nitrogens with zero attached hydrogens (tertiary/aromatic N) is 1. The van der Waals surface area contributed by atoms with Crippen molar-refractivity contribution in [1.29, 1.82) is 0 Å². The molecule has 1 heterocycles. The predicted octanol–water partition coefficient (Wildman–Crippen LogP) is 2.35. The van der Waals surface area contributed by atoms with Crippen LogP contribution in [0.5, 0.6) is 0 Å². The summed E-state index contributed by atoms with van der Waals surface area (Å²) >= 11 is 0. The van der Waals surface area contributed by atoms with Gasteiger partial charge in [-0.25, -0.2) is 0 Å². The second-order valence-corrected chi connectivity index (χ2v) is 6.70. The molecule has 1 N–H and O–H groups in total. The van der Waals surface area contributed by atoms with Gasteiger partial charge in [0.25, 0.3) is 0 Å². The summed E-state index contributed by atoms with van der Waals surface area (Å²) in [4.78, 5) is 26.9. The summed E-state index contributed by atoms with van der Waals surface area (Å²) in [6, 6.07) is -0.803. The Bertz CT molecular complexity index is 396. The van der Waals surface area contributed by atoms with Crippen LogP contribution >= 0.6 is 0 Å². The third-order valence-corrected chi connectivity index (χ3v) is 4.01. The Morgan fingerprint density at radius 2 is 1.95 bits per heavy atom. The fraction of sp³-hybridized carbons (Fsp3) is 0.750. The molecule has 1 aliphatic heterocycles. The van der Waals surface area contributed by atoms with E-state index in [1.807, 2.05) is 53.7 Å². The summed E-state index contributed by atoms with van der Waals surface area (Å²) in [6.07, 6.45) is 4.73. The lowest BCUT2D eigenvalue weighted by Crippen LogP contribution is -2.67. The molecule has 3 atom stereocenters. The highest BCUT2D eigenvalue weighted by molar-refractivity contribution is 5.97. The summed E-state index contributed by atoms with van der Waals surface area (Å²) < 4.78 is 0. The molecular formula is C16H28N2O2. The molecule has 114 valence electrons. The third-order valence-electron chi connectivity index (χ3n) is 4.01. The van der Waals surface area contributed by atoms with Gasteiger partial charge in [-0.15, -0.1) is 0 Å². The van der Waals surface area contributed by atoms with Gasteiger partial charge in [0.15, 0.2) is 0 Å². The summed E-state index contributed by atoms with van der Waals surface area (Å²) in [7, 11) is 0. The van der Waals surface area contributed by atoms with Gasteiger partial charge in [0, 0.05) is 6.54 Å². The maximum absolute atomic E-state index is 12.7. The first-order valence-corrected chi connectivity index (χ1v) is 7.46. The van der Waals surface area contributed by atoms with Crippen LogP contribution < -0.4 is 5.32 Å². The van der Waals surface area contributed by atoms with Gasteiger partial charge in [-0.2, -0.15) is 0 Å². The molecule has 0 saturated carbocycles. The topological polar surface area (TPSA) is 49.4 Å². The maximum atomic E-state index is 12.7. The quantitative estimate of drug-likeness (QED) is 0.804. The van der Waals surface area contributed by atoms with E-state index >= 15 is 0 Å². The number of amides is 2. The lowest BCUT2D eigenvalue weighted by Gasteiger charge is -2.44. The van der Waals surface area contributed by atoms with Crippen molar-refractivity contribution in [3.8, 4) is 0 Å². The van der Waals surface area contributed by atoms with Crippen LogP contribution in [0.15, 0.2) is 12.2 Å². The zero-order chi connectivity index (χ0) is 15.5. The van der Waals surface area contributed by atoms with Crippen molar-refractivity contribution in [1.82, 2.24) is 10.2 Å². The maximum Gasteiger partial charge on any atom is 0.246 e. The summed E-state index contributed by atoms with van der Waals surface area (Å²) in [5.41, 5.74) is -0.276. The Hall–Kier alpha value is -1.32. The Morgan fingerprint density at radius 3 is 2.40 bits per heavy atom. The van der Waals surface area contributed by atoms with Crippen LogP contribution in [0.25, 0.3) is 0 Å². The molecule has 4 heteroatoms. The van der Waals surface area contributed by atoms with Crippen LogP contribution in [0.1, 0.15) is 48.0 Å². The van der Waals surface area contributed by atoms with E-state index in [0.717, 1.165) is 6.42 Å². The van der Waals surface area contributed by atoms with Crippen LogP contribution in [0.4, 0.5) is 0 Å². The first kappa shape index (κ1) is 16.7. The van der Waals surface area contributed by atoms with Gasteiger partial charge in [-0.05, 0) is 18.3 Å². The number of carbonyl (C=O) groups is 2. The van der Waals surface area contributed by atoms with Crippen molar-refractivity contribution in [3.63, 3.8) is 0 Å². The van der Waals surface area contributed by atoms with Crippen LogP contribution in [0.3, 0.4) is 0 Å². The molecule has 0 aromatic rings. The van der Waals surface area contributed by atoms with Crippen LogP contribution in [-0.4, -0.2) is 35.3 Å². The molecule has 0 aromatic heterocycles. The average Bonchev–Trinajstić information content (AvgIpc) is 2.36. The van der Waals surface area contributed by atoms with Crippen molar-refractivity contribution in [2.24, 2.45) is 11.3 Å². The van der Waals surface area contributed by atoms with Crippen molar-refractivity contribution in [3.05, 3.63) is 12.2 Å². The molecule has 20 heavy (non-hydrogen) atoms. The largest absolute Gasteiger partial charge is 0.342 e. The van der Waals surface area contributed by atoms with Crippen molar-refractivity contribution in [2.75, 3.05) is 6.54 Å². The second kappa shape index (κ2) is 6.42. The molecule has 1 fully saturated rings. The van der Waals surface area contributed by atoms with Crippen LogP contribution in [0.2, 0.25) is 0 Å². The van der Waals surface area contributed by atoms with Gasteiger partial charge in [0.05, 0.1) is 0 Å². The monoisotopic (exact) mass is 280 g/mol. The molecule has 3 unspecified atom stereocenters. The zero-order valence-electron chi connectivity index (χ0n) is 13.6. The van der Waals surface area contributed by atoms with Gasteiger partial charge >= 0.3 is 0 Å². The number of hydrogen-bond acceptors (Lipinski definition) is 2. The van der Waals surface area contributed by atoms with E-state index in [9.17, 15) is 9.59 Å². The van der Waals surface area contributed by atoms with E-state index in [1.54, 1.807) is 4.90 Å². The van der Waals surface area contributed by atoms with Crippen molar-refractivity contribution >= 4 is 11.8 Å². The van der Waals surface area contributed by atoms with Crippen LogP contribution in [0, 0.1) is 11.3 Å². The lowest BCUT2D eigenvalue weighted by molar-refractivity contribution is -0.153. The number of rotatable bonds is 4. The molecule has 1 saturated heterocycles. The molecule has 0 radical (unpaired) electrons. The fourth-order valence-electron chi connectivity index (χ4n) is 2.53. The van der Waals surface area contributed by atoms with Gasteiger partial charge in [-0.3, -0.25) is 9.59 Å². The standard InChI is InChI=1S/C16H28N2O2/c1-7-9-10-18-12(11(3)8-2)14(19)17-13(15(18)20)16(4,5)6/h7,9,11-13H,8,10H2,1-6H3,(H,17,19)/b9-7+. The van der Waals surface area contributed by atoms with Crippen LogP contribution in [-0.2, 0) is 9.59 Å². The lowest BCUT2D eigenvalue weighted by atomic mass is 9.82. The highest BCUT2D eigenvalue weighted by Crippen LogP contribution is 2.28. The predicted molar refractivity (Wildman–Crippen MR) is 81.2 cm³/mol. The van der Waals surface area contributed by atoms with Gasteiger partial charge in [0.2, 0.25) is 11.8 Å². The molecule has 0 spiro atoms. The van der Waals surface area contributed by atoms with E-state index in [2.05, 4.69) is 5.32 Å². The molecule has 2 amide bonds. The van der Waals surface area contributed by atoms with E-state index in [-0.39, 0.29) is 29.2 Å². The number of carbonyl (C=O) groups excluding carboxylic acids is 2. The molecule has 1 aliphatic rings. The minimum Gasteiger partial charge on any atom is -0.342 e. The highest BCUT2D eigenvalue weighted by atomic mass is 16.2. The molecule has 4 nitrogen and oxygen atoms in total. The Balaban J connectivity index is 3.10. The van der Waals surface area contributed by atoms with E-state index < -0.39 is 6.04 Å². The van der Waals surface area contributed by atoms with Gasteiger partial charge in [-0.1, -0.05) is 53.2 Å². The van der Waals surface area contributed by atoms with E-state index in [0.29, 0.717) is 6.54 Å². The van der Waals surface area contributed by atoms with Gasteiger partial charge < -0.3 is 10.2 Å². The normalized spacial score (nSPS) is 26.0. The molecule has 0 aromatic carbocycles. The van der Waals surface area contributed by atoms with E-state index in [1.165, 1.54) is 0 Å². The highest BCUT2D eigenvalue weighted by Gasteiger charge is 2.46. The molecular weight excluding hydrogens is 252 g/mol. The first-order chi connectivity index (χ1) is 9.23. The number of nitrogens with one attached hydrogen (secondary N) is 1. The SMILES string of the molecule is C/C=C/CN1C(=O)C(C(C)(C)C)NC(=O)C1C(C)CC. The minimum atomic E-state index is -0.444. The Morgan fingerprint density at radius 1 is 1.35 bits per heavy atom. The smallest absolute Gasteiger partial charge is 0.246 e. The molecule has 0 aliphatic carbocycles.